The van der Waals surface area contributed by atoms with Gasteiger partial charge < -0.3 is 43.9 Å². The molecule has 13 heteroatoms. The number of nitrogens with zero attached hydrogens (tertiary/aromatic N) is 1. The lowest BCUT2D eigenvalue weighted by molar-refractivity contribution is -0.302. The first-order chi connectivity index (χ1) is 26.5. The highest BCUT2D eigenvalue weighted by molar-refractivity contribution is 6.39. The molecule has 3 heterocycles. The number of amides is 1. The molecule has 0 spiro atoms. The van der Waals surface area contributed by atoms with Crippen molar-refractivity contribution in [2.24, 2.45) is 29.6 Å². The van der Waals surface area contributed by atoms with Gasteiger partial charge in [0.1, 0.15) is 24.0 Å². The van der Waals surface area contributed by atoms with Crippen LogP contribution in [-0.2, 0) is 42.9 Å². The van der Waals surface area contributed by atoms with E-state index in [1.807, 2.05) is 32.9 Å². The summed E-state index contributed by atoms with van der Waals surface area (Å²) < 4.78 is 29.7. The number of hydrogen-bond acceptors (Lipinski definition) is 12. The molecule has 0 aromatic rings. The molecular weight excluding hydrogens is 722 g/mol. The van der Waals surface area contributed by atoms with Gasteiger partial charge in [-0.2, -0.15) is 0 Å². The Morgan fingerprint density at radius 3 is 2.21 bits per heavy atom. The van der Waals surface area contributed by atoms with Gasteiger partial charge in [-0.3, -0.25) is 14.4 Å². The van der Waals surface area contributed by atoms with E-state index in [4.69, 9.17) is 23.7 Å². The van der Waals surface area contributed by atoms with E-state index in [2.05, 4.69) is 6.92 Å². The molecule has 56 heavy (non-hydrogen) atoms. The van der Waals surface area contributed by atoms with Crippen molar-refractivity contribution in [2.75, 3.05) is 27.9 Å². The largest absolute Gasteiger partial charge is 0.456 e. The van der Waals surface area contributed by atoms with Crippen LogP contribution in [0.25, 0.3) is 0 Å². The van der Waals surface area contributed by atoms with E-state index < -0.39 is 83.9 Å². The van der Waals surface area contributed by atoms with E-state index in [0.717, 1.165) is 5.57 Å². The number of ketones is 2. The fourth-order valence-corrected chi connectivity index (χ4v) is 9.39. The second kappa shape index (κ2) is 20.4. The van der Waals surface area contributed by atoms with Gasteiger partial charge in [0.2, 0.25) is 5.79 Å². The van der Waals surface area contributed by atoms with Gasteiger partial charge in [0.15, 0.2) is 0 Å². The van der Waals surface area contributed by atoms with Gasteiger partial charge in [0.25, 0.3) is 11.7 Å². The summed E-state index contributed by atoms with van der Waals surface area (Å²) in [5.74, 6) is -7.50. The summed E-state index contributed by atoms with van der Waals surface area (Å²) in [4.78, 5) is 57.6. The Bertz CT molecular complexity index is 1430. The maximum atomic E-state index is 14.3. The van der Waals surface area contributed by atoms with Crippen molar-refractivity contribution >= 4 is 23.4 Å². The molecule has 13 nitrogen and oxygen atoms in total. The summed E-state index contributed by atoms with van der Waals surface area (Å²) in [5.41, 5.74) is 1.66. The Hall–Kier alpha value is -2.52. The Kier molecular flexibility index (Phi) is 16.9. The molecule has 1 saturated carbocycles. The molecule has 0 aromatic carbocycles. The highest BCUT2D eigenvalue weighted by atomic mass is 16.7. The standard InChI is InChI=1S/C43H69NO12/c1-10-30-18-24(2)17-25(3)19-36(53-8)39-37(54-9)21-27(5)43(51,56-39)40(48)41(49)44-16-12-11-13-31(44)42(50)55-38(28(6)33(46)23-34(30)47)26(4)20-29-14-15-32(45)35(22-29)52-7/h18,20,25,27-33,35-39,45-46,51H,10-17,19,21-23H2,1-9H3/b24-18+,26-20+/t25-,27+,28+,29-,30+,31-,32+,33-,35+,36+,37-,38+,39+,43+/m0/s1. The average Bonchev–Trinajstić information content (AvgIpc) is 3.18. The number of hydrogen-bond donors (Lipinski definition) is 3. The van der Waals surface area contributed by atoms with Gasteiger partial charge in [-0.1, -0.05) is 45.4 Å². The normalized spacial score (nSPS) is 41.6. The van der Waals surface area contributed by atoms with Crippen molar-refractivity contribution in [2.45, 2.75) is 167 Å². The summed E-state index contributed by atoms with van der Waals surface area (Å²) in [7, 11) is 4.63. The molecule has 3 fully saturated rings. The van der Waals surface area contributed by atoms with Gasteiger partial charge in [-0.05, 0) is 95.5 Å². The summed E-state index contributed by atoms with van der Waals surface area (Å²) in [5, 5.41) is 34.1. The molecule has 0 unspecified atom stereocenters. The number of aliphatic hydroxyl groups is 3. The van der Waals surface area contributed by atoms with Crippen molar-refractivity contribution in [1.82, 2.24) is 4.90 Å². The van der Waals surface area contributed by atoms with Crippen LogP contribution < -0.4 is 0 Å². The molecule has 1 amide bonds. The summed E-state index contributed by atoms with van der Waals surface area (Å²) in [6.45, 7) is 11.3. The highest BCUT2D eigenvalue weighted by Gasteiger charge is 2.56. The Morgan fingerprint density at radius 1 is 0.911 bits per heavy atom. The number of carbonyl (C=O) groups is 4. The van der Waals surface area contributed by atoms with Crippen LogP contribution in [0.4, 0.5) is 0 Å². The lowest BCUT2D eigenvalue weighted by Crippen LogP contribution is -2.64. The molecular formula is C43H69NO12. The number of ether oxygens (including phenoxy) is 5. The molecule has 14 atom stereocenters. The molecule has 1 aliphatic carbocycles. The van der Waals surface area contributed by atoms with Crippen molar-refractivity contribution in [3.05, 3.63) is 23.3 Å². The van der Waals surface area contributed by atoms with Gasteiger partial charge in [-0.15, -0.1) is 0 Å². The van der Waals surface area contributed by atoms with Crippen LogP contribution in [0, 0.1) is 29.6 Å². The van der Waals surface area contributed by atoms with Crippen LogP contribution >= 0.6 is 0 Å². The molecule has 2 saturated heterocycles. The Labute approximate surface area is 333 Å². The average molecular weight is 792 g/mol. The summed E-state index contributed by atoms with van der Waals surface area (Å²) in [6, 6.07) is -1.13. The quantitative estimate of drug-likeness (QED) is 0.196. The van der Waals surface area contributed by atoms with E-state index in [1.54, 1.807) is 21.0 Å². The van der Waals surface area contributed by atoms with Crippen LogP contribution in [0.1, 0.15) is 112 Å². The third-order valence-corrected chi connectivity index (χ3v) is 12.9. The molecule has 4 aliphatic rings. The third kappa shape index (κ3) is 10.7. The van der Waals surface area contributed by atoms with Crippen LogP contribution in [0.5, 0.6) is 0 Å². The van der Waals surface area contributed by atoms with Crippen molar-refractivity contribution < 1.29 is 58.2 Å². The van der Waals surface area contributed by atoms with E-state index in [9.17, 15) is 34.5 Å². The molecule has 3 N–H and O–H groups in total. The summed E-state index contributed by atoms with van der Waals surface area (Å²) in [6.07, 6.45) is 3.72. The predicted molar refractivity (Wildman–Crippen MR) is 208 cm³/mol. The lowest BCUT2D eigenvalue weighted by Gasteiger charge is -2.47. The minimum Gasteiger partial charge on any atom is -0.456 e. The number of carbonyl (C=O) groups excluding carboxylic acids is 4. The fourth-order valence-electron chi connectivity index (χ4n) is 9.39. The van der Waals surface area contributed by atoms with Gasteiger partial charge in [0.05, 0.1) is 30.5 Å². The molecule has 318 valence electrons. The molecule has 3 aliphatic heterocycles. The zero-order chi connectivity index (χ0) is 41.5. The number of esters is 1. The van der Waals surface area contributed by atoms with Gasteiger partial charge in [0, 0.05) is 52.0 Å². The highest BCUT2D eigenvalue weighted by Crippen LogP contribution is 2.39. The smallest absolute Gasteiger partial charge is 0.329 e. The summed E-state index contributed by atoms with van der Waals surface area (Å²) >= 11 is 0. The first-order valence-electron chi connectivity index (χ1n) is 20.8. The van der Waals surface area contributed by atoms with Crippen LogP contribution in [-0.4, -0.2) is 126 Å². The van der Waals surface area contributed by atoms with E-state index in [1.165, 1.54) is 19.1 Å². The maximum absolute atomic E-state index is 14.3. The number of cyclic esters (lactones) is 1. The second-order valence-electron chi connectivity index (χ2n) is 17.2. The first kappa shape index (κ1) is 46.2. The van der Waals surface area contributed by atoms with Crippen LogP contribution in [0.15, 0.2) is 23.3 Å². The molecule has 0 radical (unpaired) electrons. The number of aliphatic hydroxyl groups excluding tert-OH is 2. The minimum absolute atomic E-state index is 0.000914. The van der Waals surface area contributed by atoms with Crippen LogP contribution in [0.2, 0.25) is 0 Å². The number of methoxy groups -OCH3 is 3. The van der Waals surface area contributed by atoms with E-state index >= 15 is 0 Å². The number of piperidine rings is 1. The van der Waals surface area contributed by atoms with Gasteiger partial charge >= 0.3 is 5.97 Å². The second-order valence-corrected chi connectivity index (χ2v) is 17.2. The first-order valence-corrected chi connectivity index (χ1v) is 20.8. The Morgan fingerprint density at radius 2 is 1.57 bits per heavy atom. The van der Waals surface area contributed by atoms with Gasteiger partial charge in [-0.25, -0.2) is 4.79 Å². The van der Waals surface area contributed by atoms with E-state index in [-0.39, 0.29) is 49.5 Å². The van der Waals surface area contributed by atoms with Crippen molar-refractivity contribution in [3.8, 4) is 0 Å². The number of fused-ring (bicyclic) bond motifs is 3. The molecule has 4 rings (SSSR count). The topological polar surface area (TPSA) is 178 Å². The molecule has 2 bridgehead atoms. The zero-order valence-corrected chi connectivity index (χ0v) is 35.1. The number of allylic oxidation sites excluding steroid dienone is 3. The SMILES string of the molecule is CC[C@@H]1/C=C(\C)C[C@H](C)C[C@@H](OC)[C@H]2O[C@@](O)(C(=O)C(=O)N3CCCC[C@H]3C(=O)O[C@H](/C(C)=C/[C@@H]3CC[C@@H](O)[C@H](OC)C3)[C@H](C)[C@@H](O)CC1=O)[C@H](C)C[C@@H]2OC. The Balaban J connectivity index is 1.76. The number of rotatable bonds is 6. The monoisotopic (exact) mass is 791 g/mol. The van der Waals surface area contributed by atoms with Crippen molar-refractivity contribution in [1.29, 1.82) is 0 Å². The lowest BCUT2D eigenvalue weighted by atomic mass is 9.81. The van der Waals surface area contributed by atoms with Crippen LogP contribution in [0.3, 0.4) is 0 Å². The fraction of sp³-hybridized carbons (Fsp3) is 0.814. The predicted octanol–water partition coefficient (Wildman–Crippen LogP) is 4.47. The molecule has 0 aromatic heterocycles. The minimum atomic E-state index is -2.50. The maximum Gasteiger partial charge on any atom is 0.329 e. The van der Waals surface area contributed by atoms with E-state index in [0.29, 0.717) is 56.9 Å². The number of Topliss-reactive ketones (excluding diaryl/α,β-unsaturated/α-hetero) is 2. The third-order valence-electron chi connectivity index (χ3n) is 12.9. The zero-order valence-electron chi connectivity index (χ0n) is 35.1. The van der Waals surface area contributed by atoms with Crippen molar-refractivity contribution in [3.63, 3.8) is 0 Å².